The van der Waals surface area contributed by atoms with Crippen LogP contribution in [0.15, 0.2) is 48.5 Å². The highest BCUT2D eigenvalue weighted by molar-refractivity contribution is 6.39. The molecular formula is C23H30N2O3Si+. The fourth-order valence-corrected chi connectivity index (χ4v) is 4.90. The number of non-ortho nitro benzene ring substituents is 1. The second kappa shape index (κ2) is 9.20. The summed E-state index contributed by atoms with van der Waals surface area (Å²) in [7, 11) is 0.812. The molecule has 1 aliphatic heterocycles. The summed E-state index contributed by atoms with van der Waals surface area (Å²) in [5.74, 6) is 0. The van der Waals surface area contributed by atoms with E-state index in [0.29, 0.717) is 5.04 Å². The Kier molecular flexibility index (Phi) is 6.88. The maximum Gasteiger partial charge on any atom is 0.492 e. The van der Waals surface area contributed by atoms with E-state index in [1.165, 1.54) is 5.56 Å². The summed E-state index contributed by atoms with van der Waals surface area (Å²) in [6.45, 7) is 6.77. The molecule has 0 unspecified atom stereocenters. The van der Waals surface area contributed by atoms with Gasteiger partial charge in [0, 0.05) is 24.2 Å². The molecule has 0 aliphatic carbocycles. The quantitative estimate of drug-likeness (QED) is 0.403. The highest BCUT2D eigenvalue weighted by Gasteiger charge is 2.34. The van der Waals surface area contributed by atoms with Gasteiger partial charge in [-0.25, -0.2) is 0 Å². The van der Waals surface area contributed by atoms with Gasteiger partial charge >= 0.3 is 9.52 Å². The lowest BCUT2D eigenvalue weighted by molar-refractivity contribution is -0.384. The average Bonchev–Trinajstić information content (AvgIpc) is 3.14. The number of hydrogen-bond donors (Lipinski definition) is 2. The molecule has 0 saturated carbocycles. The SMILES string of the molecule is CC(C)(C)[Si+]Cc1ccccc1[C@@H](O)[C@H]1CC[C@@H](Cc2ccc([N+](=O)[O-])cc2)N1. The van der Waals surface area contributed by atoms with Gasteiger partial charge < -0.3 is 10.4 Å². The lowest BCUT2D eigenvalue weighted by Gasteiger charge is -2.22. The molecule has 1 saturated heterocycles. The van der Waals surface area contributed by atoms with E-state index >= 15 is 0 Å². The maximum absolute atomic E-state index is 11.1. The first kappa shape index (κ1) is 21.7. The molecule has 2 aromatic rings. The molecule has 3 atom stereocenters. The summed E-state index contributed by atoms with van der Waals surface area (Å²) >= 11 is 0. The number of nitrogens with one attached hydrogen (secondary N) is 1. The van der Waals surface area contributed by atoms with Crippen LogP contribution in [0.1, 0.15) is 56.4 Å². The van der Waals surface area contributed by atoms with Crippen LogP contribution in [0.4, 0.5) is 5.69 Å². The number of nitro benzene ring substituents is 1. The molecule has 0 amide bonds. The molecule has 1 heterocycles. The fraction of sp³-hybridized carbons (Fsp3) is 0.478. The number of nitro groups is 1. The van der Waals surface area contributed by atoms with Gasteiger partial charge in [-0.2, -0.15) is 0 Å². The number of rotatable bonds is 7. The van der Waals surface area contributed by atoms with E-state index in [1.54, 1.807) is 12.1 Å². The van der Waals surface area contributed by atoms with Gasteiger partial charge in [-0.3, -0.25) is 10.1 Å². The largest absolute Gasteiger partial charge is 0.492 e. The van der Waals surface area contributed by atoms with Crippen molar-refractivity contribution < 1.29 is 10.0 Å². The molecule has 0 bridgehead atoms. The van der Waals surface area contributed by atoms with Gasteiger partial charge in [0.1, 0.15) is 11.1 Å². The average molecular weight is 411 g/mol. The fourth-order valence-electron chi connectivity index (χ4n) is 3.86. The van der Waals surface area contributed by atoms with Crippen molar-refractivity contribution in [1.29, 1.82) is 0 Å². The smallest absolute Gasteiger partial charge is 0.387 e. The minimum absolute atomic E-state index is 0.0390. The normalized spacial score (nSPS) is 20.4. The van der Waals surface area contributed by atoms with Crippen molar-refractivity contribution in [2.45, 2.75) is 69.3 Å². The predicted molar refractivity (Wildman–Crippen MR) is 117 cm³/mol. The predicted octanol–water partition coefficient (Wildman–Crippen LogP) is 4.41. The zero-order valence-corrected chi connectivity index (χ0v) is 18.4. The third-order valence-corrected chi connectivity index (χ3v) is 7.09. The second-order valence-electron chi connectivity index (χ2n) is 8.92. The van der Waals surface area contributed by atoms with Crippen molar-refractivity contribution in [2.75, 3.05) is 0 Å². The molecule has 2 aromatic carbocycles. The van der Waals surface area contributed by atoms with E-state index in [0.717, 1.165) is 46.0 Å². The van der Waals surface area contributed by atoms with Crippen LogP contribution < -0.4 is 5.32 Å². The van der Waals surface area contributed by atoms with Crippen LogP contribution in [0.5, 0.6) is 0 Å². The number of aliphatic hydroxyl groups is 1. The van der Waals surface area contributed by atoms with Gasteiger partial charge in [0.15, 0.2) is 0 Å². The van der Waals surface area contributed by atoms with E-state index in [2.05, 4.69) is 44.3 Å². The highest BCUT2D eigenvalue weighted by Crippen LogP contribution is 2.30. The summed E-state index contributed by atoms with van der Waals surface area (Å²) in [4.78, 5) is 10.4. The molecule has 3 rings (SSSR count). The molecule has 153 valence electrons. The third-order valence-electron chi connectivity index (χ3n) is 5.47. The zero-order chi connectivity index (χ0) is 21.0. The Labute approximate surface area is 175 Å². The molecule has 29 heavy (non-hydrogen) atoms. The zero-order valence-electron chi connectivity index (χ0n) is 17.4. The number of nitrogens with zero attached hydrogens (tertiary/aromatic N) is 1. The topological polar surface area (TPSA) is 75.4 Å². The van der Waals surface area contributed by atoms with Gasteiger partial charge in [0.2, 0.25) is 0 Å². The number of aliphatic hydroxyl groups excluding tert-OH is 1. The van der Waals surface area contributed by atoms with Gasteiger partial charge in [-0.1, -0.05) is 36.4 Å². The Balaban J connectivity index is 1.62. The van der Waals surface area contributed by atoms with Crippen molar-refractivity contribution in [3.8, 4) is 0 Å². The molecular weight excluding hydrogens is 380 g/mol. The van der Waals surface area contributed by atoms with Gasteiger partial charge in [-0.15, -0.1) is 0 Å². The summed E-state index contributed by atoms with van der Waals surface area (Å²) in [6.07, 6.45) is 2.21. The third kappa shape index (κ3) is 5.98. The summed E-state index contributed by atoms with van der Waals surface area (Å²) in [6, 6.07) is 16.3. The molecule has 2 N–H and O–H groups in total. The standard InChI is InChI=1S/C23H30N2O3Si/c1-23(2,3)29-15-17-6-4-5-7-20(17)22(26)21-13-10-18(24-21)14-16-8-11-19(12-9-16)25(27)28/h4-9,11-12,18,21-22,24,26H,10,13-15H2,1-3H3/q+1/t18-,21+,22+/m0/s1. The monoisotopic (exact) mass is 410 g/mol. The van der Waals surface area contributed by atoms with Crippen LogP contribution in [0, 0.1) is 10.1 Å². The molecule has 5 nitrogen and oxygen atoms in total. The van der Waals surface area contributed by atoms with Gasteiger partial charge in [0.25, 0.3) is 5.69 Å². The Morgan fingerprint density at radius 3 is 2.52 bits per heavy atom. The van der Waals surface area contributed by atoms with Crippen molar-refractivity contribution in [1.82, 2.24) is 5.32 Å². The molecule has 1 radical (unpaired) electrons. The van der Waals surface area contributed by atoms with Crippen LogP contribution in [-0.2, 0) is 12.5 Å². The Morgan fingerprint density at radius 1 is 1.17 bits per heavy atom. The molecule has 0 aromatic heterocycles. The van der Waals surface area contributed by atoms with Crippen molar-refractivity contribution in [3.63, 3.8) is 0 Å². The van der Waals surface area contributed by atoms with Crippen molar-refractivity contribution in [3.05, 3.63) is 75.3 Å². The molecule has 1 aliphatic rings. The maximum atomic E-state index is 11.1. The molecule has 1 fully saturated rings. The van der Waals surface area contributed by atoms with E-state index < -0.39 is 6.10 Å². The lowest BCUT2D eigenvalue weighted by atomic mass is 9.97. The summed E-state index contributed by atoms with van der Waals surface area (Å²) in [5, 5.41) is 25.8. The van der Waals surface area contributed by atoms with Crippen LogP contribution in [0.2, 0.25) is 5.04 Å². The Morgan fingerprint density at radius 2 is 1.86 bits per heavy atom. The minimum Gasteiger partial charge on any atom is -0.387 e. The summed E-state index contributed by atoms with van der Waals surface area (Å²) in [5.41, 5.74) is 3.48. The van der Waals surface area contributed by atoms with Crippen LogP contribution >= 0.6 is 0 Å². The lowest BCUT2D eigenvalue weighted by Crippen LogP contribution is -2.35. The van der Waals surface area contributed by atoms with E-state index in [4.69, 9.17) is 0 Å². The first-order chi connectivity index (χ1) is 13.7. The van der Waals surface area contributed by atoms with Gasteiger partial charge in [-0.05, 0) is 56.7 Å². The van der Waals surface area contributed by atoms with E-state index in [9.17, 15) is 15.2 Å². The number of hydrogen-bond acceptors (Lipinski definition) is 4. The Bertz CT molecular complexity index is 833. The first-order valence-electron chi connectivity index (χ1n) is 10.2. The van der Waals surface area contributed by atoms with E-state index in [1.807, 2.05) is 18.2 Å². The van der Waals surface area contributed by atoms with Crippen molar-refractivity contribution in [2.24, 2.45) is 0 Å². The molecule has 6 heteroatoms. The van der Waals surface area contributed by atoms with Crippen LogP contribution in [-0.4, -0.2) is 31.6 Å². The highest BCUT2D eigenvalue weighted by atomic mass is 28.2. The minimum atomic E-state index is -0.516. The molecule has 0 spiro atoms. The van der Waals surface area contributed by atoms with Gasteiger partial charge in [0.05, 0.1) is 11.0 Å². The van der Waals surface area contributed by atoms with Crippen LogP contribution in [0.3, 0.4) is 0 Å². The Hall–Kier alpha value is -2.02. The summed E-state index contributed by atoms with van der Waals surface area (Å²) < 4.78 is 0. The second-order valence-corrected chi connectivity index (χ2v) is 11.1. The van der Waals surface area contributed by atoms with Crippen LogP contribution in [0.25, 0.3) is 0 Å². The number of benzene rings is 2. The first-order valence-corrected chi connectivity index (χ1v) is 11.4. The van der Waals surface area contributed by atoms with E-state index in [-0.39, 0.29) is 22.7 Å². The van der Waals surface area contributed by atoms with Crippen molar-refractivity contribution >= 4 is 15.2 Å².